The molecule has 0 unspecified atom stereocenters. The Morgan fingerprint density at radius 2 is 1.50 bits per heavy atom. The molecule has 0 bridgehead atoms. The van der Waals surface area contributed by atoms with Crippen LogP contribution in [0.2, 0.25) is 0 Å². The van der Waals surface area contributed by atoms with Crippen LogP contribution in [-0.4, -0.2) is 43.7 Å². The molecule has 186 valence electrons. The zero-order valence-corrected chi connectivity index (χ0v) is 19.9. The van der Waals surface area contributed by atoms with E-state index in [2.05, 4.69) is 21.2 Å². The first-order chi connectivity index (χ1) is 17.5. The average Bonchev–Trinajstić information content (AvgIpc) is 2.90. The Morgan fingerprint density at radius 1 is 0.833 bits per heavy atom. The van der Waals surface area contributed by atoms with E-state index in [9.17, 15) is 14.4 Å². The normalized spacial score (nSPS) is 10.5. The number of carbonyl (C=O) groups is 3. The third kappa shape index (κ3) is 8.94. The number of rotatable bonds is 11. The van der Waals surface area contributed by atoms with Crippen LogP contribution < -0.4 is 25.5 Å². The average molecular weight is 489 g/mol. The Morgan fingerprint density at radius 3 is 2.19 bits per heavy atom. The van der Waals surface area contributed by atoms with Crippen LogP contribution in [0.3, 0.4) is 0 Å². The zero-order valence-electron chi connectivity index (χ0n) is 19.9. The maximum absolute atomic E-state index is 12.1. The second-order valence-corrected chi connectivity index (χ2v) is 7.55. The predicted octanol–water partition coefficient (Wildman–Crippen LogP) is 2.91. The lowest BCUT2D eigenvalue weighted by Crippen LogP contribution is -2.38. The molecule has 3 N–H and O–H groups in total. The fourth-order valence-corrected chi connectivity index (χ4v) is 3.06. The van der Waals surface area contributed by atoms with Crippen molar-refractivity contribution in [3.05, 3.63) is 90.0 Å². The van der Waals surface area contributed by atoms with Crippen molar-refractivity contribution < 1.29 is 23.9 Å². The van der Waals surface area contributed by atoms with E-state index in [1.54, 1.807) is 48.5 Å². The van der Waals surface area contributed by atoms with E-state index in [0.717, 1.165) is 11.3 Å². The number of hydrazone groups is 1. The smallest absolute Gasteiger partial charge is 0.329 e. The first-order valence-corrected chi connectivity index (χ1v) is 11.4. The summed E-state index contributed by atoms with van der Waals surface area (Å²) in [5.74, 6) is -0.671. The number of carbonyl (C=O) groups excluding carboxylic acids is 3. The van der Waals surface area contributed by atoms with Gasteiger partial charge in [-0.05, 0) is 73.0 Å². The molecule has 0 saturated heterocycles. The van der Waals surface area contributed by atoms with Crippen molar-refractivity contribution in [1.29, 1.82) is 0 Å². The van der Waals surface area contributed by atoms with Gasteiger partial charge in [-0.1, -0.05) is 30.3 Å². The minimum absolute atomic E-state index is 0.157. The van der Waals surface area contributed by atoms with Gasteiger partial charge in [0.1, 0.15) is 11.5 Å². The summed E-state index contributed by atoms with van der Waals surface area (Å²) in [6.45, 7) is 2.67. The first kappa shape index (κ1) is 26.0. The summed E-state index contributed by atoms with van der Waals surface area (Å²) >= 11 is 0. The van der Waals surface area contributed by atoms with Gasteiger partial charge in [0, 0.05) is 12.2 Å². The highest BCUT2D eigenvalue weighted by atomic mass is 16.5. The van der Waals surface area contributed by atoms with Crippen molar-refractivity contribution in [3.63, 3.8) is 0 Å². The van der Waals surface area contributed by atoms with Crippen LogP contribution in [0.5, 0.6) is 11.5 Å². The molecule has 9 nitrogen and oxygen atoms in total. The molecule has 3 aromatic rings. The Hall–Kier alpha value is -4.66. The molecule has 0 spiro atoms. The number of hydrogen-bond acceptors (Lipinski definition) is 6. The molecule has 0 heterocycles. The molecular weight excluding hydrogens is 460 g/mol. The van der Waals surface area contributed by atoms with Crippen LogP contribution in [-0.2, 0) is 20.8 Å². The van der Waals surface area contributed by atoms with E-state index in [-0.39, 0.29) is 12.5 Å². The van der Waals surface area contributed by atoms with Gasteiger partial charge in [-0.2, -0.15) is 5.10 Å². The maximum atomic E-state index is 12.1. The first-order valence-electron chi connectivity index (χ1n) is 11.4. The molecule has 0 aliphatic rings. The van der Waals surface area contributed by atoms with Crippen LogP contribution in [0.25, 0.3) is 0 Å². The summed E-state index contributed by atoms with van der Waals surface area (Å²) in [4.78, 5) is 35.8. The summed E-state index contributed by atoms with van der Waals surface area (Å²) in [5.41, 5.74) is 4.58. The SMILES string of the molecule is CCOc1ccc(NC(=O)COc2ccc(/C=N\NC(=O)C(=O)NCCc3ccccc3)cc2)cc1. The third-order valence-corrected chi connectivity index (χ3v) is 4.83. The topological polar surface area (TPSA) is 118 Å². The van der Waals surface area contributed by atoms with Gasteiger partial charge in [-0.3, -0.25) is 14.4 Å². The number of hydrogen-bond donors (Lipinski definition) is 3. The lowest BCUT2D eigenvalue weighted by atomic mass is 10.1. The minimum atomic E-state index is -0.849. The molecule has 0 radical (unpaired) electrons. The number of nitrogens with zero attached hydrogens (tertiary/aromatic N) is 1. The summed E-state index contributed by atoms with van der Waals surface area (Å²) < 4.78 is 10.9. The predicted molar refractivity (Wildman–Crippen MR) is 137 cm³/mol. The second-order valence-electron chi connectivity index (χ2n) is 7.55. The van der Waals surface area contributed by atoms with Crippen LogP contribution in [0, 0.1) is 0 Å². The molecule has 3 rings (SSSR count). The molecule has 0 aliphatic carbocycles. The van der Waals surface area contributed by atoms with E-state index >= 15 is 0 Å². The molecule has 0 saturated carbocycles. The van der Waals surface area contributed by atoms with Gasteiger partial charge in [0.25, 0.3) is 5.91 Å². The highest BCUT2D eigenvalue weighted by Gasteiger charge is 2.11. The number of ether oxygens (including phenoxy) is 2. The molecule has 0 atom stereocenters. The summed E-state index contributed by atoms with van der Waals surface area (Å²) in [6, 6.07) is 23.5. The summed E-state index contributed by atoms with van der Waals surface area (Å²) in [6.07, 6.45) is 2.03. The molecule has 0 fully saturated rings. The molecule has 3 amide bonds. The Kier molecular flexibility index (Phi) is 10.0. The number of nitrogens with one attached hydrogen (secondary N) is 3. The summed E-state index contributed by atoms with van der Waals surface area (Å²) in [7, 11) is 0. The van der Waals surface area contributed by atoms with E-state index in [1.165, 1.54) is 6.21 Å². The van der Waals surface area contributed by atoms with Gasteiger partial charge in [0.15, 0.2) is 6.61 Å². The second kappa shape index (κ2) is 13.9. The van der Waals surface area contributed by atoms with Gasteiger partial charge in [-0.15, -0.1) is 0 Å². The van der Waals surface area contributed by atoms with Crippen molar-refractivity contribution >= 4 is 29.6 Å². The maximum Gasteiger partial charge on any atom is 0.329 e. The Balaban J connectivity index is 1.35. The van der Waals surface area contributed by atoms with Crippen molar-refractivity contribution in [2.45, 2.75) is 13.3 Å². The molecule has 3 aromatic carbocycles. The molecule has 36 heavy (non-hydrogen) atoms. The quantitative estimate of drug-likeness (QED) is 0.218. The lowest BCUT2D eigenvalue weighted by Gasteiger charge is -2.09. The largest absolute Gasteiger partial charge is 0.494 e. The standard InChI is InChI=1S/C27H28N4O5/c1-2-35-23-14-10-22(11-15-23)30-25(32)19-36-24-12-8-21(9-13-24)18-29-31-27(34)26(33)28-17-16-20-6-4-3-5-7-20/h3-15,18H,2,16-17,19H2,1H3,(H,28,33)(H,30,32)(H,31,34)/b29-18-. The Bertz CT molecular complexity index is 1160. The Labute approximate surface area is 209 Å². The lowest BCUT2D eigenvalue weighted by molar-refractivity contribution is -0.139. The zero-order chi connectivity index (χ0) is 25.6. The highest BCUT2D eigenvalue weighted by molar-refractivity contribution is 6.35. The van der Waals surface area contributed by atoms with Crippen LogP contribution >= 0.6 is 0 Å². The molecular formula is C27H28N4O5. The van der Waals surface area contributed by atoms with Crippen LogP contribution in [0.1, 0.15) is 18.1 Å². The van der Waals surface area contributed by atoms with Crippen LogP contribution in [0.15, 0.2) is 84.0 Å². The number of benzene rings is 3. The molecule has 0 aromatic heterocycles. The minimum Gasteiger partial charge on any atom is -0.494 e. The van der Waals surface area contributed by atoms with E-state index in [0.29, 0.717) is 36.6 Å². The fourth-order valence-electron chi connectivity index (χ4n) is 3.06. The van der Waals surface area contributed by atoms with Crippen molar-refractivity contribution in [2.24, 2.45) is 5.10 Å². The van der Waals surface area contributed by atoms with Gasteiger partial charge in [-0.25, -0.2) is 5.43 Å². The van der Waals surface area contributed by atoms with Gasteiger partial charge >= 0.3 is 11.8 Å². The fraction of sp³-hybridized carbons (Fsp3) is 0.185. The van der Waals surface area contributed by atoms with E-state index < -0.39 is 11.8 Å². The number of anilines is 1. The number of amides is 3. The van der Waals surface area contributed by atoms with Gasteiger partial charge in [0.05, 0.1) is 12.8 Å². The molecule has 0 aliphatic heterocycles. The van der Waals surface area contributed by atoms with E-state index in [4.69, 9.17) is 9.47 Å². The van der Waals surface area contributed by atoms with E-state index in [1.807, 2.05) is 37.3 Å². The van der Waals surface area contributed by atoms with Crippen LogP contribution in [0.4, 0.5) is 5.69 Å². The monoisotopic (exact) mass is 488 g/mol. The van der Waals surface area contributed by atoms with Crippen molar-refractivity contribution in [2.75, 3.05) is 25.1 Å². The third-order valence-electron chi connectivity index (χ3n) is 4.83. The van der Waals surface area contributed by atoms with Crippen molar-refractivity contribution in [3.8, 4) is 11.5 Å². The highest BCUT2D eigenvalue weighted by Crippen LogP contribution is 2.16. The van der Waals surface area contributed by atoms with Gasteiger partial charge < -0.3 is 20.1 Å². The van der Waals surface area contributed by atoms with Crippen molar-refractivity contribution in [1.82, 2.24) is 10.7 Å². The van der Waals surface area contributed by atoms with Gasteiger partial charge in [0.2, 0.25) is 0 Å². The summed E-state index contributed by atoms with van der Waals surface area (Å²) in [5, 5.41) is 9.10. The molecule has 9 heteroatoms.